The highest BCUT2D eigenvalue weighted by Crippen LogP contribution is 2.67. The van der Waals surface area contributed by atoms with Gasteiger partial charge in [-0.05, 0) is 73.0 Å². The molecule has 0 aromatic rings. The van der Waals surface area contributed by atoms with E-state index in [-0.39, 0.29) is 34.5 Å². The first-order chi connectivity index (χ1) is 13.2. The van der Waals surface area contributed by atoms with Crippen molar-refractivity contribution in [3.05, 3.63) is 0 Å². The summed E-state index contributed by atoms with van der Waals surface area (Å²) in [6, 6.07) is 0. The molecule has 0 spiro atoms. The van der Waals surface area contributed by atoms with Gasteiger partial charge < -0.3 is 4.74 Å². The van der Waals surface area contributed by atoms with Gasteiger partial charge in [0.1, 0.15) is 12.4 Å². The first-order valence-electron chi connectivity index (χ1n) is 11.0. The Morgan fingerprint density at radius 1 is 1.11 bits per heavy atom. The molecule has 0 bridgehead atoms. The fourth-order valence-electron chi connectivity index (χ4n) is 7.85. The van der Waals surface area contributed by atoms with Crippen LogP contribution in [0, 0.1) is 40.4 Å². The lowest BCUT2D eigenvalue weighted by molar-refractivity contribution is -0.151. The van der Waals surface area contributed by atoms with E-state index in [2.05, 4.69) is 13.8 Å². The van der Waals surface area contributed by atoms with Crippen LogP contribution in [0.25, 0.3) is 0 Å². The van der Waals surface area contributed by atoms with Gasteiger partial charge in [0.05, 0.1) is 0 Å². The lowest BCUT2D eigenvalue weighted by Crippen LogP contribution is -2.54. The van der Waals surface area contributed by atoms with Crippen LogP contribution in [-0.4, -0.2) is 29.5 Å². The van der Waals surface area contributed by atoms with E-state index >= 15 is 0 Å². The third kappa shape index (κ3) is 3.05. The van der Waals surface area contributed by atoms with Gasteiger partial charge in [-0.1, -0.05) is 13.8 Å². The van der Waals surface area contributed by atoms with Crippen LogP contribution in [0.15, 0.2) is 0 Å². The average Bonchev–Trinajstić information content (AvgIpc) is 2.90. The van der Waals surface area contributed by atoms with Gasteiger partial charge >= 0.3 is 5.97 Å². The summed E-state index contributed by atoms with van der Waals surface area (Å²) in [5.74, 6) is 2.02. The average molecular weight is 409 g/mol. The van der Waals surface area contributed by atoms with Gasteiger partial charge in [0.25, 0.3) is 0 Å². The maximum absolute atomic E-state index is 12.9. The second-order valence-electron chi connectivity index (χ2n) is 10.4. The molecule has 0 aromatic carbocycles. The van der Waals surface area contributed by atoms with Crippen LogP contribution in [-0.2, 0) is 19.1 Å². The number of carbonyl (C=O) groups excluding carboxylic acids is 3. The summed E-state index contributed by atoms with van der Waals surface area (Å²) in [7, 11) is 0. The van der Waals surface area contributed by atoms with Crippen molar-refractivity contribution in [2.75, 3.05) is 6.61 Å². The van der Waals surface area contributed by atoms with Crippen LogP contribution in [0.5, 0.6) is 0 Å². The normalized spacial score (nSPS) is 47.6. The summed E-state index contributed by atoms with van der Waals surface area (Å²) in [5, 5.41) is -0.171. The predicted octanol–water partition coefficient (Wildman–Crippen LogP) is 4.56. The van der Waals surface area contributed by atoms with Crippen LogP contribution >= 0.6 is 11.6 Å². The molecule has 4 aliphatic rings. The lowest BCUT2D eigenvalue weighted by Gasteiger charge is -2.60. The minimum absolute atomic E-state index is 0.0122. The number of rotatable bonds is 3. The zero-order valence-corrected chi connectivity index (χ0v) is 18.1. The number of ketones is 2. The number of fused-ring (bicyclic) bond motifs is 5. The molecule has 0 amide bonds. The summed E-state index contributed by atoms with van der Waals surface area (Å²) in [6.07, 6.45) is 7.84. The number of ether oxygens (including phenoxy) is 1. The van der Waals surface area contributed by atoms with E-state index < -0.39 is 5.97 Å². The molecule has 156 valence electrons. The number of carbonyl (C=O) groups is 3. The first kappa shape index (κ1) is 20.4. The largest absolute Gasteiger partial charge is 0.458 e. The molecule has 0 saturated heterocycles. The van der Waals surface area contributed by atoms with Crippen molar-refractivity contribution in [1.29, 1.82) is 0 Å². The molecule has 0 N–H and O–H groups in total. The van der Waals surface area contributed by atoms with Crippen LogP contribution in [0.1, 0.15) is 72.1 Å². The molecule has 2 unspecified atom stereocenters. The predicted molar refractivity (Wildman–Crippen MR) is 107 cm³/mol. The molecular formula is C23H33ClO4. The Morgan fingerprint density at radius 2 is 1.86 bits per heavy atom. The Bertz CT molecular complexity index is 690. The van der Waals surface area contributed by atoms with Gasteiger partial charge in [-0.15, -0.1) is 11.6 Å². The summed E-state index contributed by atoms with van der Waals surface area (Å²) in [5.41, 5.74) is 0.165. The molecule has 4 saturated carbocycles. The van der Waals surface area contributed by atoms with Crippen LogP contribution in [0.3, 0.4) is 0 Å². The van der Waals surface area contributed by atoms with Gasteiger partial charge in [-0.3, -0.25) is 14.4 Å². The third-order valence-electron chi connectivity index (χ3n) is 9.24. The van der Waals surface area contributed by atoms with E-state index in [0.717, 1.165) is 51.4 Å². The van der Waals surface area contributed by atoms with Gasteiger partial charge in [-0.25, -0.2) is 0 Å². The highest BCUT2D eigenvalue weighted by atomic mass is 35.5. The highest BCUT2D eigenvalue weighted by molar-refractivity contribution is 6.22. The fraction of sp³-hybridized carbons (Fsp3) is 0.870. The number of alkyl halides is 1. The number of hydrogen-bond acceptors (Lipinski definition) is 4. The van der Waals surface area contributed by atoms with Gasteiger partial charge in [0.2, 0.25) is 0 Å². The van der Waals surface area contributed by atoms with Crippen molar-refractivity contribution in [2.45, 2.75) is 77.5 Å². The van der Waals surface area contributed by atoms with Crippen LogP contribution in [0.4, 0.5) is 0 Å². The molecular weight excluding hydrogens is 376 g/mol. The monoisotopic (exact) mass is 408 g/mol. The fourth-order valence-corrected chi connectivity index (χ4v) is 8.47. The Hall–Kier alpha value is -0.900. The number of Topliss-reactive ketones (excluding diaryl/α,β-unsaturated/α-hetero) is 2. The minimum Gasteiger partial charge on any atom is -0.458 e. The van der Waals surface area contributed by atoms with Gasteiger partial charge in [0.15, 0.2) is 5.78 Å². The minimum atomic E-state index is -0.416. The number of hydrogen-bond donors (Lipinski definition) is 0. The maximum Gasteiger partial charge on any atom is 0.303 e. The molecule has 0 heterocycles. The Balaban J connectivity index is 1.57. The van der Waals surface area contributed by atoms with Crippen LogP contribution < -0.4 is 0 Å². The summed E-state index contributed by atoms with van der Waals surface area (Å²) in [6.45, 7) is 5.87. The van der Waals surface area contributed by atoms with E-state index in [1.165, 1.54) is 6.92 Å². The molecule has 5 heteroatoms. The Kier molecular flexibility index (Phi) is 5.17. The highest BCUT2D eigenvalue weighted by Gasteiger charge is 2.63. The van der Waals surface area contributed by atoms with Gasteiger partial charge in [0, 0.05) is 31.1 Å². The van der Waals surface area contributed by atoms with Crippen molar-refractivity contribution in [1.82, 2.24) is 0 Å². The number of halogens is 1. The maximum atomic E-state index is 12.9. The molecule has 4 aliphatic carbocycles. The summed E-state index contributed by atoms with van der Waals surface area (Å²) >= 11 is 6.77. The van der Waals surface area contributed by atoms with Crippen LogP contribution in [0.2, 0.25) is 0 Å². The van der Waals surface area contributed by atoms with E-state index in [4.69, 9.17) is 16.3 Å². The van der Waals surface area contributed by atoms with Gasteiger partial charge in [-0.2, -0.15) is 0 Å². The topological polar surface area (TPSA) is 60.4 Å². The molecule has 8 atom stereocenters. The van der Waals surface area contributed by atoms with E-state index in [9.17, 15) is 14.4 Å². The van der Waals surface area contributed by atoms with Crippen molar-refractivity contribution in [2.24, 2.45) is 40.4 Å². The summed E-state index contributed by atoms with van der Waals surface area (Å²) in [4.78, 5) is 36.1. The van der Waals surface area contributed by atoms with Crippen molar-refractivity contribution < 1.29 is 19.1 Å². The summed E-state index contributed by atoms with van der Waals surface area (Å²) < 4.78 is 5.01. The SMILES string of the molecule is CC(=O)OCC(=O)[C@H]1C(Cl)C[C@H]2[C@@H]3CCC4CC(=O)CC[C@]4(C)[C@H]3CC[C@]12C. The third-order valence-corrected chi connectivity index (χ3v) is 9.67. The molecule has 28 heavy (non-hydrogen) atoms. The van der Waals surface area contributed by atoms with E-state index in [0.29, 0.717) is 29.5 Å². The quantitative estimate of drug-likeness (QED) is 0.507. The molecule has 4 fully saturated rings. The van der Waals surface area contributed by atoms with Crippen molar-refractivity contribution in [3.8, 4) is 0 Å². The molecule has 4 rings (SSSR count). The smallest absolute Gasteiger partial charge is 0.303 e. The van der Waals surface area contributed by atoms with E-state index in [1.807, 2.05) is 0 Å². The van der Waals surface area contributed by atoms with Crippen molar-refractivity contribution in [3.63, 3.8) is 0 Å². The van der Waals surface area contributed by atoms with Crippen molar-refractivity contribution >= 4 is 29.1 Å². The Morgan fingerprint density at radius 3 is 2.57 bits per heavy atom. The standard InChI is InChI=1S/C23H33ClO4/c1-13(25)28-12-20(27)21-19(24)11-18-16-5-4-14-10-15(26)6-8-22(14,2)17(16)7-9-23(18,21)3/h14,16-19,21H,4-12H2,1-3H3/t14?,16-,17+,18+,19?,21-,22+,23+/m1/s1. The molecule has 0 radical (unpaired) electrons. The molecule has 0 aliphatic heterocycles. The second kappa shape index (κ2) is 7.11. The second-order valence-corrected chi connectivity index (χ2v) is 11.0. The van der Waals surface area contributed by atoms with E-state index in [1.54, 1.807) is 0 Å². The zero-order valence-electron chi connectivity index (χ0n) is 17.3. The zero-order chi connectivity index (χ0) is 20.3. The first-order valence-corrected chi connectivity index (χ1v) is 11.4. The molecule has 4 nitrogen and oxygen atoms in total. The molecule has 0 aromatic heterocycles. The lowest BCUT2D eigenvalue weighted by atomic mass is 9.44. The Labute approximate surface area is 173 Å². The number of esters is 1.